The number of hydrogen-bond acceptors (Lipinski definition) is 5. The van der Waals surface area contributed by atoms with Gasteiger partial charge in [-0.15, -0.1) is 0 Å². The second-order valence-electron chi connectivity index (χ2n) is 3.57. The minimum atomic E-state index is -0.305. The third kappa shape index (κ3) is 4.78. The molecule has 0 bridgehead atoms. The summed E-state index contributed by atoms with van der Waals surface area (Å²) in [4.78, 5) is 21.2. The van der Waals surface area contributed by atoms with Crippen molar-refractivity contribution in [3.63, 3.8) is 0 Å². The lowest BCUT2D eigenvalue weighted by Crippen LogP contribution is -2.35. The standard InChI is InChI=1S/C10H16O5/c1-7(11)13-5-9-3-4-10(6-14-9)15-8(2)12/h9-10H,3-6H2,1-2H3/t9-,10+/m0/s1. The van der Waals surface area contributed by atoms with Crippen molar-refractivity contribution in [2.45, 2.75) is 38.9 Å². The van der Waals surface area contributed by atoms with Gasteiger partial charge in [-0.25, -0.2) is 0 Å². The lowest BCUT2D eigenvalue weighted by atomic mass is 10.1. The molecule has 0 aromatic rings. The molecular formula is C10H16O5. The first-order chi connectivity index (χ1) is 7.08. The summed E-state index contributed by atoms with van der Waals surface area (Å²) in [7, 11) is 0. The van der Waals surface area contributed by atoms with E-state index in [9.17, 15) is 9.59 Å². The summed E-state index contributed by atoms with van der Waals surface area (Å²) in [6.07, 6.45) is 1.27. The fourth-order valence-electron chi connectivity index (χ4n) is 1.45. The van der Waals surface area contributed by atoms with E-state index in [1.807, 2.05) is 0 Å². The Balaban J connectivity index is 2.18. The van der Waals surface area contributed by atoms with Crippen LogP contribution in [0.3, 0.4) is 0 Å². The van der Waals surface area contributed by atoms with Gasteiger partial charge in [0.25, 0.3) is 0 Å². The highest BCUT2D eigenvalue weighted by molar-refractivity contribution is 5.66. The number of esters is 2. The zero-order chi connectivity index (χ0) is 11.3. The molecule has 5 nitrogen and oxygen atoms in total. The van der Waals surface area contributed by atoms with Crippen molar-refractivity contribution >= 4 is 11.9 Å². The average Bonchev–Trinajstić information content (AvgIpc) is 2.16. The molecule has 0 radical (unpaired) electrons. The van der Waals surface area contributed by atoms with E-state index < -0.39 is 0 Å². The SMILES string of the molecule is CC(=O)OC[C@@H]1CC[C@@H](OC(C)=O)CO1. The van der Waals surface area contributed by atoms with Crippen molar-refractivity contribution in [2.75, 3.05) is 13.2 Å². The summed E-state index contributed by atoms with van der Waals surface area (Å²) in [5.74, 6) is -0.595. The van der Waals surface area contributed by atoms with Gasteiger partial charge in [-0.2, -0.15) is 0 Å². The van der Waals surface area contributed by atoms with Gasteiger partial charge in [-0.3, -0.25) is 9.59 Å². The highest BCUT2D eigenvalue weighted by Crippen LogP contribution is 2.16. The zero-order valence-corrected chi connectivity index (χ0v) is 9.02. The lowest BCUT2D eigenvalue weighted by Gasteiger charge is -2.28. The quantitative estimate of drug-likeness (QED) is 0.648. The third-order valence-electron chi connectivity index (χ3n) is 2.13. The topological polar surface area (TPSA) is 61.8 Å². The Labute approximate surface area is 88.7 Å². The van der Waals surface area contributed by atoms with Gasteiger partial charge in [0.2, 0.25) is 0 Å². The molecule has 0 N–H and O–H groups in total. The largest absolute Gasteiger partial charge is 0.463 e. The van der Waals surface area contributed by atoms with Gasteiger partial charge in [0.1, 0.15) is 12.7 Å². The number of carbonyl (C=O) groups is 2. The number of carbonyl (C=O) groups excluding carboxylic acids is 2. The van der Waals surface area contributed by atoms with Gasteiger partial charge in [-0.1, -0.05) is 0 Å². The summed E-state index contributed by atoms with van der Waals surface area (Å²) in [6.45, 7) is 3.41. The molecule has 2 atom stereocenters. The van der Waals surface area contributed by atoms with Crippen LogP contribution in [0.2, 0.25) is 0 Å². The molecule has 0 amide bonds. The molecule has 0 aromatic heterocycles. The third-order valence-corrected chi connectivity index (χ3v) is 2.13. The van der Waals surface area contributed by atoms with Crippen molar-refractivity contribution in [3.8, 4) is 0 Å². The van der Waals surface area contributed by atoms with Crippen molar-refractivity contribution in [3.05, 3.63) is 0 Å². The van der Waals surface area contributed by atoms with Crippen molar-refractivity contribution < 1.29 is 23.8 Å². The first-order valence-corrected chi connectivity index (χ1v) is 5.00. The predicted octanol–water partition coefficient (Wildman–Crippen LogP) is 0.660. The smallest absolute Gasteiger partial charge is 0.302 e. The molecule has 0 unspecified atom stereocenters. The van der Waals surface area contributed by atoms with Crippen molar-refractivity contribution in [1.29, 1.82) is 0 Å². The van der Waals surface area contributed by atoms with E-state index in [0.29, 0.717) is 6.61 Å². The Kier molecular flexibility index (Phi) is 4.55. The van der Waals surface area contributed by atoms with Crippen LogP contribution in [-0.2, 0) is 23.8 Å². The van der Waals surface area contributed by atoms with Crippen LogP contribution < -0.4 is 0 Å². The van der Waals surface area contributed by atoms with Crippen LogP contribution in [0.25, 0.3) is 0 Å². The van der Waals surface area contributed by atoms with E-state index in [-0.39, 0.29) is 30.8 Å². The van der Waals surface area contributed by atoms with E-state index in [1.165, 1.54) is 13.8 Å². The molecule has 86 valence electrons. The van der Waals surface area contributed by atoms with Gasteiger partial charge in [0.15, 0.2) is 0 Å². The van der Waals surface area contributed by atoms with Gasteiger partial charge < -0.3 is 14.2 Å². The molecule has 1 rings (SSSR count). The van der Waals surface area contributed by atoms with Crippen LogP contribution in [0.5, 0.6) is 0 Å². The van der Waals surface area contributed by atoms with Crippen LogP contribution in [0, 0.1) is 0 Å². The van der Waals surface area contributed by atoms with Gasteiger partial charge >= 0.3 is 11.9 Å². The van der Waals surface area contributed by atoms with E-state index in [0.717, 1.165) is 12.8 Å². The van der Waals surface area contributed by atoms with Gasteiger partial charge in [0, 0.05) is 13.8 Å². The molecule has 1 aliphatic heterocycles. The molecule has 0 spiro atoms. The van der Waals surface area contributed by atoms with Gasteiger partial charge in [0.05, 0.1) is 12.7 Å². The summed E-state index contributed by atoms with van der Waals surface area (Å²) in [5.41, 5.74) is 0. The first kappa shape index (κ1) is 12.0. The van der Waals surface area contributed by atoms with Crippen molar-refractivity contribution in [1.82, 2.24) is 0 Å². The first-order valence-electron chi connectivity index (χ1n) is 5.00. The number of ether oxygens (including phenoxy) is 3. The average molecular weight is 216 g/mol. The minimum Gasteiger partial charge on any atom is -0.463 e. The summed E-state index contributed by atoms with van der Waals surface area (Å²) in [5, 5.41) is 0. The highest BCUT2D eigenvalue weighted by atomic mass is 16.6. The van der Waals surface area contributed by atoms with Crippen molar-refractivity contribution in [2.24, 2.45) is 0 Å². The Bertz CT molecular complexity index is 230. The van der Waals surface area contributed by atoms with Crippen LogP contribution in [0.4, 0.5) is 0 Å². The number of hydrogen-bond donors (Lipinski definition) is 0. The monoisotopic (exact) mass is 216 g/mol. The van der Waals surface area contributed by atoms with Crippen LogP contribution in [0.15, 0.2) is 0 Å². The lowest BCUT2D eigenvalue weighted by molar-refractivity contribution is -0.160. The normalized spacial score (nSPS) is 25.7. The van der Waals surface area contributed by atoms with E-state index in [2.05, 4.69) is 0 Å². The predicted molar refractivity (Wildman–Crippen MR) is 51.2 cm³/mol. The van der Waals surface area contributed by atoms with Crippen LogP contribution >= 0.6 is 0 Å². The molecule has 1 saturated heterocycles. The Morgan fingerprint density at radius 1 is 1.27 bits per heavy atom. The van der Waals surface area contributed by atoms with E-state index in [1.54, 1.807) is 0 Å². The molecular weight excluding hydrogens is 200 g/mol. The minimum absolute atomic E-state index is 0.0688. The summed E-state index contributed by atoms with van der Waals surface area (Å²) < 4.78 is 15.2. The van der Waals surface area contributed by atoms with E-state index >= 15 is 0 Å². The maximum atomic E-state index is 10.7. The molecule has 1 aliphatic rings. The molecule has 1 heterocycles. The van der Waals surface area contributed by atoms with Crippen LogP contribution in [0.1, 0.15) is 26.7 Å². The zero-order valence-electron chi connectivity index (χ0n) is 9.02. The fourth-order valence-corrected chi connectivity index (χ4v) is 1.45. The Morgan fingerprint density at radius 3 is 2.47 bits per heavy atom. The molecule has 0 aliphatic carbocycles. The van der Waals surface area contributed by atoms with Gasteiger partial charge in [-0.05, 0) is 12.8 Å². The molecule has 0 aromatic carbocycles. The van der Waals surface area contributed by atoms with E-state index in [4.69, 9.17) is 14.2 Å². The fraction of sp³-hybridized carbons (Fsp3) is 0.800. The number of rotatable bonds is 3. The molecule has 15 heavy (non-hydrogen) atoms. The summed E-state index contributed by atoms with van der Waals surface area (Å²) in [6, 6.07) is 0. The molecule has 5 heteroatoms. The molecule has 0 saturated carbocycles. The maximum absolute atomic E-state index is 10.7. The second-order valence-corrected chi connectivity index (χ2v) is 3.57. The summed E-state index contributed by atoms with van der Waals surface area (Å²) >= 11 is 0. The highest BCUT2D eigenvalue weighted by Gasteiger charge is 2.24. The Hall–Kier alpha value is -1.10. The molecule has 1 fully saturated rings. The second kappa shape index (κ2) is 5.70. The van der Waals surface area contributed by atoms with Crippen LogP contribution in [-0.4, -0.2) is 37.4 Å². The Morgan fingerprint density at radius 2 is 2.00 bits per heavy atom. The maximum Gasteiger partial charge on any atom is 0.302 e.